The topological polar surface area (TPSA) is 17.8 Å². The summed E-state index contributed by atoms with van der Waals surface area (Å²) in [5.74, 6) is 0. The van der Waals surface area contributed by atoms with Crippen molar-refractivity contribution in [2.24, 2.45) is 0 Å². The van der Waals surface area contributed by atoms with Crippen molar-refractivity contribution in [2.75, 3.05) is 0 Å². The number of hydrogen-bond acceptors (Lipinski definition) is 1. The van der Waals surface area contributed by atoms with E-state index in [1.165, 1.54) is 26.5 Å². The third-order valence-corrected chi connectivity index (χ3v) is 5.31. The first kappa shape index (κ1) is 14.4. The zero-order chi connectivity index (χ0) is 12.3. The molecule has 0 aliphatic carbocycles. The van der Waals surface area contributed by atoms with Gasteiger partial charge in [-0.05, 0) is 69.0 Å². The van der Waals surface area contributed by atoms with Crippen LogP contribution in [-0.2, 0) is 0 Å². The van der Waals surface area contributed by atoms with E-state index in [0.29, 0.717) is 6.37 Å². The van der Waals surface area contributed by atoms with Crippen molar-refractivity contribution >= 4 is 55.2 Å². The second kappa shape index (κ2) is 6.31. The van der Waals surface area contributed by atoms with E-state index in [-0.39, 0.29) is 0 Å². The average Bonchev–Trinajstić information content (AvgIpc) is 2.71. The average molecular weight is 413 g/mol. The van der Waals surface area contributed by atoms with Crippen LogP contribution in [0.25, 0.3) is 10.9 Å². The van der Waals surface area contributed by atoms with Crippen molar-refractivity contribution in [2.45, 2.75) is 27.7 Å². The molecule has 0 bridgehead atoms. The maximum absolute atomic E-state index is 4.35. The van der Waals surface area contributed by atoms with Gasteiger partial charge < -0.3 is 0 Å². The molecule has 1 atom stereocenters. The molecular formula is C11H15BrIN2P. The van der Waals surface area contributed by atoms with Gasteiger partial charge in [0.2, 0.25) is 0 Å². The van der Waals surface area contributed by atoms with Crippen molar-refractivity contribution in [3.8, 4) is 0 Å². The largest absolute Gasteiger partial charge is 0.237 e. The molecule has 5 heteroatoms. The molecule has 2 nitrogen and oxygen atoms in total. The van der Waals surface area contributed by atoms with Crippen LogP contribution in [0.1, 0.15) is 25.0 Å². The molecule has 88 valence electrons. The highest BCUT2D eigenvalue weighted by Crippen LogP contribution is 2.34. The number of halogens is 2. The smallest absolute Gasteiger partial charge is 0.0743 e. The molecule has 16 heavy (non-hydrogen) atoms. The molecule has 0 aliphatic rings. The van der Waals surface area contributed by atoms with Crippen LogP contribution in [0.3, 0.4) is 0 Å². The Bertz CT molecular complexity index is 496. The minimum absolute atomic E-state index is 0.653. The summed E-state index contributed by atoms with van der Waals surface area (Å²) < 4.78 is 3.21. The molecular weight excluding hydrogens is 398 g/mol. The molecule has 1 heterocycles. The highest BCUT2D eigenvalue weighted by molar-refractivity contribution is 14.2. The lowest BCUT2D eigenvalue weighted by Gasteiger charge is -2.05. The Kier molecular flexibility index (Phi) is 5.68. The summed E-state index contributed by atoms with van der Waals surface area (Å²) in [6, 6.07) is 2.20. The molecule has 0 saturated heterocycles. The molecule has 1 aromatic carbocycles. The van der Waals surface area contributed by atoms with E-state index in [9.17, 15) is 0 Å². The van der Waals surface area contributed by atoms with Gasteiger partial charge in [0.15, 0.2) is 0 Å². The van der Waals surface area contributed by atoms with Gasteiger partial charge in [0.05, 0.1) is 18.1 Å². The number of rotatable bonds is 1. The predicted octanol–water partition coefficient (Wildman–Crippen LogP) is 5.23. The first-order valence-electron chi connectivity index (χ1n) is 5.15. The van der Waals surface area contributed by atoms with Crippen LogP contribution < -0.4 is 0 Å². The Labute approximate surface area is 120 Å². The Hall–Kier alpha value is 0.330. The number of aromatic nitrogens is 2. The fourth-order valence-electron chi connectivity index (χ4n) is 1.42. The van der Waals surface area contributed by atoms with Crippen LogP contribution >= 0.6 is 44.3 Å². The van der Waals surface area contributed by atoms with Crippen molar-refractivity contribution in [1.82, 2.24) is 9.55 Å². The summed E-state index contributed by atoms with van der Waals surface area (Å²) in [6.45, 7) is 8.26. The third-order valence-electron chi connectivity index (χ3n) is 2.40. The van der Waals surface area contributed by atoms with Crippen molar-refractivity contribution < 1.29 is 0 Å². The molecule has 1 unspecified atom stereocenters. The first-order valence-corrected chi connectivity index (χ1v) is 10.0. The van der Waals surface area contributed by atoms with Crippen LogP contribution in [0.2, 0.25) is 0 Å². The maximum atomic E-state index is 4.35. The summed E-state index contributed by atoms with van der Waals surface area (Å²) in [4.78, 5) is 0. The summed E-state index contributed by atoms with van der Waals surface area (Å²) in [7, 11) is 0. The Balaban J connectivity index is 0.000000606. The van der Waals surface area contributed by atoms with Gasteiger partial charge in [0, 0.05) is 9.86 Å². The summed E-state index contributed by atoms with van der Waals surface area (Å²) >= 11 is 5.96. The van der Waals surface area contributed by atoms with Gasteiger partial charge in [-0.15, -0.1) is 0 Å². The second-order valence-corrected chi connectivity index (χ2v) is 6.04. The lowest BCUT2D eigenvalue weighted by atomic mass is 10.1. The van der Waals surface area contributed by atoms with Gasteiger partial charge in [-0.3, -0.25) is 0 Å². The van der Waals surface area contributed by atoms with Crippen molar-refractivity contribution in [3.63, 3.8) is 0 Å². The monoisotopic (exact) mass is 412 g/mol. The molecule has 0 radical (unpaired) electrons. The minimum Gasteiger partial charge on any atom is -0.237 e. The van der Waals surface area contributed by atoms with Gasteiger partial charge in [0.1, 0.15) is 0 Å². The molecule has 2 rings (SSSR count). The summed E-state index contributed by atoms with van der Waals surface area (Å²) in [6.07, 6.45) is 2.58. The fraction of sp³-hybridized carbons (Fsp3) is 0.364. The van der Waals surface area contributed by atoms with Crippen molar-refractivity contribution in [1.29, 1.82) is 0 Å². The highest BCUT2D eigenvalue weighted by atomic mass is 127. The van der Waals surface area contributed by atoms with Crippen molar-refractivity contribution in [3.05, 3.63) is 27.9 Å². The van der Waals surface area contributed by atoms with E-state index in [4.69, 9.17) is 0 Å². The normalized spacial score (nSPS) is 10.9. The quantitative estimate of drug-likeness (QED) is 0.463. The number of aryl methyl sites for hydroxylation is 1. The predicted molar refractivity (Wildman–Crippen MR) is 86.0 cm³/mol. The van der Waals surface area contributed by atoms with Gasteiger partial charge >= 0.3 is 0 Å². The molecule has 0 amide bonds. The molecule has 0 spiro atoms. The van der Waals surface area contributed by atoms with E-state index in [1.54, 1.807) is 0 Å². The second-order valence-electron chi connectivity index (χ2n) is 3.21. The molecule has 0 aliphatic heterocycles. The van der Waals surface area contributed by atoms with Crippen LogP contribution in [0.15, 0.2) is 16.7 Å². The van der Waals surface area contributed by atoms with Gasteiger partial charge in [-0.1, -0.05) is 13.8 Å². The van der Waals surface area contributed by atoms with E-state index >= 15 is 0 Å². The zero-order valence-electron chi connectivity index (χ0n) is 9.81. The molecule has 0 saturated carbocycles. The summed E-state index contributed by atoms with van der Waals surface area (Å²) in [5, 5.41) is 5.55. The van der Waals surface area contributed by atoms with Crippen LogP contribution in [0, 0.1) is 13.8 Å². The molecule has 2 aromatic rings. The Morgan fingerprint density at radius 1 is 1.38 bits per heavy atom. The molecule has 0 N–H and O–H groups in total. The number of fused-ring (bicyclic) bond motifs is 1. The fourth-order valence-corrected chi connectivity index (χ4v) is 3.57. The van der Waals surface area contributed by atoms with E-state index in [1.807, 2.05) is 24.5 Å². The highest BCUT2D eigenvalue weighted by Gasteiger charge is 2.09. The molecule has 1 aromatic heterocycles. The van der Waals surface area contributed by atoms with Crippen LogP contribution in [0.5, 0.6) is 0 Å². The third kappa shape index (κ3) is 2.59. The Morgan fingerprint density at radius 3 is 2.56 bits per heavy atom. The zero-order valence-corrected chi connectivity index (χ0v) is 14.5. The maximum Gasteiger partial charge on any atom is 0.0743 e. The summed E-state index contributed by atoms with van der Waals surface area (Å²) in [5.41, 5.74) is 3.82. The number of hydrogen-bond donors (Lipinski definition) is 0. The van der Waals surface area contributed by atoms with E-state index in [2.05, 4.69) is 63.0 Å². The standard InChI is InChI=1S/C9H9BrIN2P.C2H6/c1-5-3-8-7(9(10)6(5)2)4-12-13(8)14-11;1-2/h3-4,14H,1-2H3;1-2H3. The lowest BCUT2D eigenvalue weighted by Crippen LogP contribution is -1.87. The first-order chi connectivity index (χ1) is 7.65. The van der Waals surface area contributed by atoms with E-state index < -0.39 is 0 Å². The van der Waals surface area contributed by atoms with Gasteiger partial charge in [0.25, 0.3) is 0 Å². The van der Waals surface area contributed by atoms with Crippen LogP contribution in [0.4, 0.5) is 0 Å². The lowest BCUT2D eigenvalue weighted by molar-refractivity contribution is 1.04. The minimum atomic E-state index is 0.653. The van der Waals surface area contributed by atoms with Gasteiger partial charge in [-0.25, -0.2) is 4.45 Å². The number of nitrogens with zero attached hydrogens (tertiary/aromatic N) is 2. The van der Waals surface area contributed by atoms with Crippen LogP contribution in [-0.4, -0.2) is 9.55 Å². The van der Waals surface area contributed by atoms with Gasteiger partial charge in [-0.2, -0.15) is 5.10 Å². The molecule has 0 fully saturated rings. The van der Waals surface area contributed by atoms with E-state index in [0.717, 1.165) is 0 Å². The SMILES string of the molecule is CC.Cc1cc2c(cnn2PI)c(Br)c1C. The number of benzene rings is 1. The Morgan fingerprint density at radius 2 is 2.00 bits per heavy atom.